The second-order valence-electron chi connectivity index (χ2n) is 9.72. The number of carboxylic acids is 3. The van der Waals surface area contributed by atoms with Gasteiger partial charge in [-0.3, -0.25) is 0 Å². The summed E-state index contributed by atoms with van der Waals surface area (Å²) in [5, 5.41) is 64.0. The number of aliphatic carboxylic acids is 3. The summed E-state index contributed by atoms with van der Waals surface area (Å²) in [6, 6.07) is -1.14. The number of rotatable bonds is 14. The van der Waals surface area contributed by atoms with Gasteiger partial charge in [-0.1, -0.05) is 0 Å². The molecule has 3 atom stereocenters. The molecule has 0 spiro atoms. The number of aliphatic hydroxyl groups is 3. The van der Waals surface area contributed by atoms with E-state index in [1.54, 1.807) is 9.80 Å². The number of aliphatic hydroxyl groups excluding tert-OH is 3. The molecular formula is C21H38GdN5O11S-2. The van der Waals surface area contributed by atoms with Gasteiger partial charge in [-0.2, -0.15) is 0 Å². The molecule has 0 aliphatic carbocycles. The Kier molecular flexibility index (Phi) is 16.2. The SMILES string of the molecule is CS(=O)(=O)NC(CC(O)CO)C(O)C[N+]1([Gd])CCN(CC(=O)[O-])CCN(CC(=O)[O-])CCN(CC(=O)[O-])CC1. The molecule has 0 radical (unpaired) electrons. The summed E-state index contributed by atoms with van der Waals surface area (Å²) in [5.41, 5.74) is 0. The standard InChI is InChI=1S/C21H41N5O11S.Gd/c1-38(36,37)22-17(10-16(28)15-27)18(29)11-23-2-4-24(12-19(30)31)6-8-26(14-21(34)35)9-7-25(5-3-23)13-20(32)33;/h16-18,22,27-29H,2-15H2,1H3,(H,30,31)(H,32,33)(H,34,35);/q;+1/p-3. The Morgan fingerprint density at radius 2 is 1.26 bits per heavy atom. The van der Waals surface area contributed by atoms with E-state index in [2.05, 4.69) is 4.72 Å². The van der Waals surface area contributed by atoms with Crippen LogP contribution in [-0.4, -0.2) is 167 Å². The van der Waals surface area contributed by atoms with E-state index in [0.717, 1.165) is 6.26 Å². The van der Waals surface area contributed by atoms with Crippen molar-refractivity contribution in [2.45, 2.75) is 24.7 Å². The van der Waals surface area contributed by atoms with Gasteiger partial charge < -0.3 is 0 Å². The van der Waals surface area contributed by atoms with Crippen molar-refractivity contribution in [2.24, 2.45) is 0 Å². The van der Waals surface area contributed by atoms with Gasteiger partial charge in [-0.05, 0) is 0 Å². The molecule has 0 saturated carbocycles. The van der Waals surface area contributed by atoms with Crippen molar-refractivity contribution in [3.63, 3.8) is 0 Å². The first kappa shape index (κ1) is 36.4. The number of carbonyl (C=O) groups is 3. The molecule has 1 saturated heterocycles. The van der Waals surface area contributed by atoms with Gasteiger partial charge in [0.25, 0.3) is 0 Å². The monoisotopic (exact) mass is 726 g/mol. The van der Waals surface area contributed by atoms with Gasteiger partial charge >= 0.3 is 256 Å². The van der Waals surface area contributed by atoms with Gasteiger partial charge in [0, 0.05) is 0 Å². The Labute approximate surface area is 254 Å². The van der Waals surface area contributed by atoms with Crippen LogP contribution in [-0.2, 0) is 24.4 Å². The molecule has 3 unspecified atom stereocenters. The number of hydrogen-bond donors (Lipinski definition) is 4. The molecule has 1 rings (SSSR count). The van der Waals surface area contributed by atoms with Crippen LogP contribution in [0.3, 0.4) is 0 Å². The maximum atomic E-state index is 11.9. The Morgan fingerprint density at radius 3 is 1.59 bits per heavy atom. The second kappa shape index (κ2) is 17.4. The third-order valence-electron chi connectivity index (χ3n) is 6.22. The van der Waals surface area contributed by atoms with Crippen LogP contribution in [0.5, 0.6) is 0 Å². The number of carbonyl (C=O) groups excluding carboxylic acids is 3. The summed E-state index contributed by atoms with van der Waals surface area (Å²) in [6.45, 7) is -0.425. The molecule has 229 valence electrons. The van der Waals surface area contributed by atoms with Gasteiger partial charge in [0.1, 0.15) is 0 Å². The second-order valence-corrected chi connectivity index (χ2v) is 13.6. The van der Waals surface area contributed by atoms with Crippen molar-refractivity contribution in [3.8, 4) is 0 Å². The van der Waals surface area contributed by atoms with Gasteiger partial charge in [0.2, 0.25) is 0 Å². The predicted molar refractivity (Wildman–Crippen MR) is 125 cm³/mol. The molecule has 18 heteroatoms. The zero-order chi connectivity index (χ0) is 29.8. The van der Waals surface area contributed by atoms with Crippen LogP contribution in [0, 0.1) is 38.3 Å². The molecule has 1 fully saturated rings. The summed E-state index contributed by atoms with van der Waals surface area (Å²) in [5.74, 6) is -4.00. The molecule has 1 aliphatic rings. The Bertz CT molecular complexity index is 881. The van der Waals surface area contributed by atoms with E-state index in [9.17, 15) is 53.4 Å². The first-order valence-corrected chi connectivity index (χ1v) is 15.2. The van der Waals surface area contributed by atoms with Crippen LogP contribution in [0.2, 0.25) is 0 Å². The number of sulfonamides is 1. The fraction of sp³-hybridized carbons (Fsp3) is 0.857. The fourth-order valence-corrected chi connectivity index (χ4v) is 5.92. The van der Waals surface area contributed by atoms with Crippen LogP contribution in [0.25, 0.3) is 0 Å². The van der Waals surface area contributed by atoms with E-state index >= 15 is 0 Å². The van der Waals surface area contributed by atoms with E-state index in [1.165, 1.54) is 43.2 Å². The molecule has 0 bridgehead atoms. The van der Waals surface area contributed by atoms with E-state index in [0.29, 0.717) is 0 Å². The average Bonchev–Trinajstić information content (AvgIpc) is 2.79. The quantitative estimate of drug-likeness (QED) is 0.130. The molecular weight excluding hydrogens is 688 g/mol. The molecule has 4 N–H and O–H groups in total. The Balaban J connectivity index is 3.23. The molecule has 0 aromatic carbocycles. The van der Waals surface area contributed by atoms with Crippen molar-refractivity contribution >= 4 is 27.9 Å². The molecule has 0 aromatic rings. The Hall–Kier alpha value is -0.635. The third-order valence-corrected chi connectivity index (χ3v) is 8.38. The molecule has 0 amide bonds. The normalized spacial score (nSPS) is 21.3. The summed E-state index contributed by atoms with van der Waals surface area (Å²) < 4.78 is 26.1. The molecule has 16 nitrogen and oxygen atoms in total. The molecule has 39 heavy (non-hydrogen) atoms. The third kappa shape index (κ3) is 16.4. The average molecular weight is 726 g/mol. The minimum atomic E-state index is -3.79. The van der Waals surface area contributed by atoms with E-state index in [4.69, 9.17) is 0 Å². The topological polar surface area (TPSA) is 237 Å². The summed E-state index contributed by atoms with van der Waals surface area (Å²) in [4.78, 5) is 38.5. The van der Waals surface area contributed by atoms with Crippen molar-refractivity contribution in [2.75, 3.05) is 91.4 Å². The number of hydrogen-bond acceptors (Lipinski definition) is 14. The van der Waals surface area contributed by atoms with Gasteiger partial charge in [0.05, 0.1) is 0 Å². The molecule has 1 aliphatic heterocycles. The first-order chi connectivity index (χ1) is 18.0. The van der Waals surface area contributed by atoms with Crippen LogP contribution in [0.4, 0.5) is 0 Å². The summed E-state index contributed by atoms with van der Waals surface area (Å²) >= 11 is 1.47. The van der Waals surface area contributed by atoms with Crippen molar-refractivity contribution in [3.05, 3.63) is 0 Å². The zero-order valence-electron chi connectivity index (χ0n) is 21.8. The summed E-state index contributed by atoms with van der Waals surface area (Å²) in [6.07, 6.45) is -1.99. The van der Waals surface area contributed by atoms with Crippen molar-refractivity contribution in [1.82, 2.24) is 19.4 Å². The van der Waals surface area contributed by atoms with Gasteiger partial charge in [0.15, 0.2) is 0 Å². The maximum absolute atomic E-state index is 11.9. The van der Waals surface area contributed by atoms with Crippen LogP contribution >= 0.6 is 0 Å². The number of quaternary nitrogens is 1. The molecule has 1 heterocycles. The molecule has 0 aromatic heterocycles. The zero-order valence-corrected chi connectivity index (χ0v) is 24.9. The predicted octanol–water partition coefficient (Wildman–Crippen LogP) is -8.54. The van der Waals surface area contributed by atoms with E-state index in [1.807, 2.05) is 0 Å². The first-order valence-electron chi connectivity index (χ1n) is 12.3. The minimum absolute atomic E-state index is 0.0427. The Morgan fingerprint density at radius 1 is 0.872 bits per heavy atom. The van der Waals surface area contributed by atoms with Crippen LogP contribution in [0.1, 0.15) is 6.42 Å². The summed E-state index contributed by atoms with van der Waals surface area (Å²) in [7, 11) is -3.79. The van der Waals surface area contributed by atoms with Gasteiger partial charge in [-0.25, -0.2) is 0 Å². The van der Waals surface area contributed by atoms with Crippen molar-refractivity contribution in [1.29, 1.82) is 0 Å². The number of carboxylic acid groups (broad SMARTS) is 3. The van der Waals surface area contributed by atoms with E-state index in [-0.39, 0.29) is 66.0 Å². The fourth-order valence-electron chi connectivity index (χ4n) is 4.24. The van der Waals surface area contributed by atoms with E-state index < -0.39 is 72.4 Å². The number of nitrogens with zero attached hydrogens (tertiary/aromatic N) is 4. The van der Waals surface area contributed by atoms with Crippen LogP contribution in [0.15, 0.2) is 0 Å². The van der Waals surface area contributed by atoms with Crippen LogP contribution < -0.4 is 20.0 Å². The number of nitrogens with one attached hydrogen (secondary N) is 1. The van der Waals surface area contributed by atoms with Crippen molar-refractivity contribution < 1.29 is 92.4 Å². The van der Waals surface area contributed by atoms with Gasteiger partial charge in [-0.15, -0.1) is 0 Å².